The lowest BCUT2D eigenvalue weighted by atomic mass is 10.1. The Balaban J connectivity index is 2.06. The zero-order chi connectivity index (χ0) is 15.6. The van der Waals surface area contributed by atoms with Crippen LogP contribution in [0.1, 0.15) is 40.4 Å². The SMILES string of the molecule is CC1CN(Cc2nnnn2C(C)(C)C)CC(C)N1CC#N. The molecule has 0 spiro atoms. The van der Waals surface area contributed by atoms with E-state index in [1.54, 1.807) is 0 Å². The highest BCUT2D eigenvalue weighted by molar-refractivity contribution is 4.93. The Labute approximate surface area is 126 Å². The van der Waals surface area contributed by atoms with E-state index in [1.165, 1.54) is 0 Å². The number of aromatic nitrogens is 4. The summed E-state index contributed by atoms with van der Waals surface area (Å²) in [6.07, 6.45) is 0. The number of piperazine rings is 1. The molecule has 0 radical (unpaired) electrons. The first kappa shape index (κ1) is 15.9. The molecule has 2 atom stereocenters. The largest absolute Gasteiger partial charge is 0.293 e. The molecule has 2 heterocycles. The molecule has 7 heteroatoms. The molecule has 0 aliphatic carbocycles. The summed E-state index contributed by atoms with van der Waals surface area (Å²) in [5.74, 6) is 0.899. The van der Waals surface area contributed by atoms with Crippen molar-refractivity contribution in [2.45, 2.75) is 58.8 Å². The molecule has 0 N–H and O–H groups in total. The van der Waals surface area contributed by atoms with Crippen molar-refractivity contribution in [3.05, 3.63) is 5.82 Å². The van der Waals surface area contributed by atoms with E-state index < -0.39 is 0 Å². The molecule has 116 valence electrons. The van der Waals surface area contributed by atoms with Crippen LogP contribution in [-0.4, -0.2) is 61.7 Å². The Bertz CT molecular complexity index is 498. The molecule has 1 aromatic rings. The summed E-state index contributed by atoms with van der Waals surface area (Å²) in [4.78, 5) is 4.63. The standard InChI is InChI=1S/C14H25N7/c1-11-8-19(9-12(2)20(11)7-6-15)10-13-16-17-18-21(13)14(3,4)5/h11-12H,7-10H2,1-5H3. The second-order valence-corrected chi connectivity index (χ2v) is 6.90. The Kier molecular flexibility index (Phi) is 4.59. The Morgan fingerprint density at radius 2 is 1.86 bits per heavy atom. The van der Waals surface area contributed by atoms with Gasteiger partial charge in [0.15, 0.2) is 5.82 Å². The normalized spacial score (nSPS) is 25.0. The maximum Gasteiger partial charge on any atom is 0.165 e. The van der Waals surface area contributed by atoms with Crippen molar-refractivity contribution >= 4 is 0 Å². The summed E-state index contributed by atoms with van der Waals surface area (Å²) in [6, 6.07) is 2.99. The first-order valence-corrected chi connectivity index (χ1v) is 7.45. The van der Waals surface area contributed by atoms with Gasteiger partial charge >= 0.3 is 0 Å². The first-order valence-electron chi connectivity index (χ1n) is 7.45. The molecule has 21 heavy (non-hydrogen) atoms. The fourth-order valence-corrected chi connectivity index (χ4v) is 3.01. The monoisotopic (exact) mass is 291 g/mol. The van der Waals surface area contributed by atoms with Crippen LogP contribution < -0.4 is 0 Å². The Morgan fingerprint density at radius 3 is 2.38 bits per heavy atom. The van der Waals surface area contributed by atoms with Crippen LogP contribution in [0, 0.1) is 11.3 Å². The van der Waals surface area contributed by atoms with E-state index in [2.05, 4.69) is 66.0 Å². The summed E-state index contributed by atoms with van der Waals surface area (Å²) >= 11 is 0. The number of tetrazole rings is 1. The third kappa shape index (κ3) is 3.57. The summed E-state index contributed by atoms with van der Waals surface area (Å²) in [5, 5.41) is 21.0. The van der Waals surface area contributed by atoms with E-state index in [0.717, 1.165) is 25.5 Å². The molecule has 0 amide bonds. The lowest BCUT2D eigenvalue weighted by molar-refractivity contribution is 0.0424. The molecule has 2 rings (SSSR count). The number of rotatable bonds is 3. The van der Waals surface area contributed by atoms with Gasteiger partial charge in [0.2, 0.25) is 0 Å². The van der Waals surface area contributed by atoms with Crippen LogP contribution in [0.4, 0.5) is 0 Å². The van der Waals surface area contributed by atoms with Crippen molar-refractivity contribution in [1.82, 2.24) is 30.0 Å². The highest BCUT2D eigenvalue weighted by Gasteiger charge is 2.30. The molecule has 0 saturated carbocycles. The minimum absolute atomic E-state index is 0.112. The number of nitriles is 1. The van der Waals surface area contributed by atoms with Crippen LogP contribution >= 0.6 is 0 Å². The van der Waals surface area contributed by atoms with Gasteiger partial charge in [-0.15, -0.1) is 5.10 Å². The van der Waals surface area contributed by atoms with Gasteiger partial charge in [0.25, 0.3) is 0 Å². The van der Waals surface area contributed by atoms with E-state index >= 15 is 0 Å². The van der Waals surface area contributed by atoms with Gasteiger partial charge in [-0.1, -0.05) is 0 Å². The van der Waals surface area contributed by atoms with Gasteiger partial charge in [-0.2, -0.15) is 5.26 Å². The Hall–Kier alpha value is -1.52. The van der Waals surface area contributed by atoms with Crippen LogP contribution in [0.5, 0.6) is 0 Å². The molecule has 2 unspecified atom stereocenters. The highest BCUT2D eigenvalue weighted by atomic mass is 15.6. The van der Waals surface area contributed by atoms with Gasteiger partial charge < -0.3 is 0 Å². The second-order valence-electron chi connectivity index (χ2n) is 6.90. The third-order valence-corrected chi connectivity index (χ3v) is 3.96. The third-order valence-electron chi connectivity index (χ3n) is 3.96. The van der Waals surface area contributed by atoms with E-state index in [1.807, 2.05) is 4.68 Å². The van der Waals surface area contributed by atoms with E-state index in [0.29, 0.717) is 18.6 Å². The van der Waals surface area contributed by atoms with Crippen LogP contribution in [-0.2, 0) is 12.1 Å². The molecular weight excluding hydrogens is 266 g/mol. The van der Waals surface area contributed by atoms with Gasteiger partial charge in [-0.25, -0.2) is 4.68 Å². The molecular formula is C14H25N7. The van der Waals surface area contributed by atoms with Crippen molar-refractivity contribution in [3.63, 3.8) is 0 Å². The molecule has 7 nitrogen and oxygen atoms in total. The highest BCUT2D eigenvalue weighted by Crippen LogP contribution is 2.19. The lowest BCUT2D eigenvalue weighted by Crippen LogP contribution is -2.56. The zero-order valence-corrected chi connectivity index (χ0v) is 13.6. The number of hydrogen-bond acceptors (Lipinski definition) is 6. The zero-order valence-electron chi connectivity index (χ0n) is 13.6. The van der Waals surface area contributed by atoms with Crippen LogP contribution in [0.25, 0.3) is 0 Å². The predicted molar refractivity (Wildman–Crippen MR) is 79.3 cm³/mol. The van der Waals surface area contributed by atoms with Gasteiger partial charge in [-0.05, 0) is 45.0 Å². The average Bonchev–Trinajstić information content (AvgIpc) is 2.82. The van der Waals surface area contributed by atoms with Crippen LogP contribution in [0.15, 0.2) is 0 Å². The van der Waals surface area contributed by atoms with E-state index in [9.17, 15) is 0 Å². The number of hydrogen-bond donors (Lipinski definition) is 0. The predicted octanol–water partition coefficient (Wildman–Crippen LogP) is 0.846. The summed E-state index contributed by atoms with van der Waals surface area (Å²) < 4.78 is 1.89. The topological polar surface area (TPSA) is 73.9 Å². The first-order chi connectivity index (χ1) is 9.82. The fraction of sp³-hybridized carbons (Fsp3) is 0.857. The van der Waals surface area contributed by atoms with Gasteiger partial charge in [0, 0.05) is 25.2 Å². The molecule has 1 fully saturated rings. The molecule has 1 saturated heterocycles. The fourth-order valence-electron chi connectivity index (χ4n) is 3.01. The van der Waals surface area contributed by atoms with Crippen molar-refractivity contribution in [2.24, 2.45) is 0 Å². The summed E-state index contributed by atoms with van der Waals surface area (Å²) in [7, 11) is 0. The van der Waals surface area contributed by atoms with Crippen LogP contribution in [0.2, 0.25) is 0 Å². The van der Waals surface area contributed by atoms with Crippen LogP contribution in [0.3, 0.4) is 0 Å². The summed E-state index contributed by atoms with van der Waals surface area (Å²) in [6.45, 7) is 13.8. The second kappa shape index (κ2) is 6.08. The van der Waals surface area contributed by atoms with Crippen molar-refractivity contribution in [2.75, 3.05) is 19.6 Å². The average molecular weight is 291 g/mol. The van der Waals surface area contributed by atoms with Crippen molar-refractivity contribution < 1.29 is 0 Å². The minimum Gasteiger partial charge on any atom is -0.293 e. The molecule has 0 aromatic carbocycles. The smallest absolute Gasteiger partial charge is 0.165 e. The molecule has 1 aliphatic heterocycles. The molecule has 1 aromatic heterocycles. The van der Waals surface area contributed by atoms with Crippen molar-refractivity contribution in [1.29, 1.82) is 5.26 Å². The van der Waals surface area contributed by atoms with E-state index in [4.69, 9.17) is 5.26 Å². The molecule has 0 bridgehead atoms. The molecule has 1 aliphatic rings. The number of nitrogens with zero attached hydrogens (tertiary/aromatic N) is 7. The maximum absolute atomic E-state index is 8.92. The Morgan fingerprint density at radius 1 is 1.24 bits per heavy atom. The van der Waals surface area contributed by atoms with Crippen molar-refractivity contribution in [3.8, 4) is 6.07 Å². The minimum atomic E-state index is -0.112. The van der Waals surface area contributed by atoms with Gasteiger partial charge in [0.1, 0.15) is 0 Å². The summed E-state index contributed by atoms with van der Waals surface area (Å²) in [5.41, 5.74) is -0.112. The lowest BCUT2D eigenvalue weighted by Gasteiger charge is -2.43. The maximum atomic E-state index is 8.92. The quantitative estimate of drug-likeness (QED) is 0.769. The van der Waals surface area contributed by atoms with E-state index in [-0.39, 0.29) is 5.54 Å². The van der Waals surface area contributed by atoms with Gasteiger partial charge in [0.05, 0.1) is 24.7 Å². The van der Waals surface area contributed by atoms with Gasteiger partial charge in [-0.3, -0.25) is 9.80 Å².